The number of hydrogen-bond acceptors (Lipinski definition) is 5. The molecule has 0 amide bonds. The van der Waals surface area contributed by atoms with Gasteiger partial charge in [0.1, 0.15) is 11.3 Å². The lowest BCUT2D eigenvalue weighted by molar-refractivity contribution is 0.314. The zero-order valence-electron chi connectivity index (χ0n) is 18.3. The lowest BCUT2D eigenvalue weighted by Gasteiger charge is -2.21. The third-order valence-electron chi connectivity index (χ3n) is 6.62. The van der Waals surface area contributed by atoms with Crippen LogP contribution >= 0.6 is 0 Å². The van der Waals surface area contributed by atoms with E-state index in [4.69, 9.17) is 5.73 Å². The van der Waals surface area contributed by atoms with Crippen molar-refractivity contribution in [1.29, 1.82) is 0 Å². The van der Waals surface area contributed by atoms with Gasteiger partial charge in [0.2, 0.25) is 5.65 Å². The summed E-state index contributed by atoms with van der Waals surface area (Å²) in [4.78, 5) is 6.95. The molecule has 1 unspecified atom stereocenters. The van der Waals surface area contributed by atoms with E-state index < -0.39 is 0 Å². The smallest absolute Gasteiger partial charge is 0.203 e. The Labute approximate surface area is 188 Å². The van der Waals surface area contributed by atoms with Crippen LogP contribution in [0, 0.1) is 5.92 Å². The predicted octanol–water partition coefficient (Wildman–Crippen LogP) is 4.41. The van der Waals surface area contributed by atoms with Gasteiger partial charge in [0, 0.05) is 12.5 Å². The second kappa shape index (κ2) is 9.49. The molecule has 2 aromatic heterocycles. The molecule has 4 aromatic rings. The summed E-state index contributed by atoms with van der Waals surface area (Å²) in [5.41, 5.74) is 11.4. The van der Waals surface area contributed by atoms with Gasteiger partial charge < -0.3 is 10.6 Å². The van der Waals surface area contributed by atoms with Crippen molar-refractivity contribution in [3.8, 4) is 0 Å². The Morgan fingerprint density at radius 2 is 1.81 bits per heavy atom. The average Bonchev–Trinajstić information content (AvgIpc) is 3.47. The van der Waals surface area contributed by atoms with Gasteiger partial charge in [-0.15, -0.1) is 5.10 Å². The summed E-state index contributed by atoms with van der Waals surface area (Å²) < 4.78 is 0. The number of nitrogen functional groups attached to an aromatic ring is 1. The number of aromatic nitrogens is 4. The van der Waals surface area contributed by atoms with E-state index in [0.717, 1.165) is 36.4 Å². The van der Waals surface area contributed by atoms with Crippen molar-refractivity contribution in [3.05, 3.63) is 83.4 Å². The number of pyridine rings is 1. The van der Waals surface area contributed by atoms with Gasteiger partial charge in [-0.3, -0.25) is 0 Å². The van der Waals surface area contributed by atoms with Gasteiger partial charge in [-0.2, -0.15) is 10.3 Å². The molecule has 5 rings (SSSR count). The number of nitrogens with zero attached hydrogens (tertiary/aromatic N) is 4. The molecule has 6 heteroatoms. The highest BCUT2D eigenvalue weighted by molar-refractivity contribution is 5.77. The van der Waals surface area contributed by atoms with Crippen LogP contribution in [0.15, 0.2) is 66.7 Å². The Bertz CT molecular complexity index is 1140. The van der Waals surface area contributed by atoms with E-state index in [1.165, 1.54) is 37.1 Å². The fourth-order valence-corrected chi connectivity index (χ4v) is 5.08. The van der Waals surface area contributed by atoms with E-state index in [1.807, 2.05) is 6.07 Å². The van der Waals surface area contributed by atoms with Crippen molar-refractivity contribution >= 4 is 17.0 Å². The van der Waals surface area contributed by atoms with Gasteiger partial charge in [-0.25, -0.2) is 4.98 Å². The Morgan fingerprint density at radius 1 is 1.03 bits per heavy atom. The topological polar surface area (TPSA) is 83.7 Å². The molecule has 32 heavy (non-hydrogen) atoms. The van der Waals surface area contributed by atoms with E-state index in [-0.39, 0.29) is 5.92 Å². The van der Waals surface area contributed by atoms with Crippen LogP contribution in [-0.2, 0) is 6.42 Å². The first kappa shape index (κ1) is 20.6. The number of nitrogens with two attached hydrogens (primary N) is 1. The highest BCUT2D eigenvalue weighted by atomic mass is 15.3. The van der Waals surface area contributed by atoms with E-state index in [9.17, 15) is 0 Å². The Hall–Kier alpha value is -3.25. The van der Waals surface area contributed by atoms with E-state index in [1.54, 1.807) is 0 Å². The predicted molar refractivity (Wildman–Crippen MR) is 128 cm³/mol. The van der Waals surface area contributed by atoms with Crippen molar-refractivity contribution in [2.75, 3.05) is 25.4 Å². The SMILES string of the molecule is Nc1cc([C@H](CCCN2CCC(Cc3ccccc3)C2)c2ccccc2)c2n[nH]nc2n1. The van der Waals surface area contributed by atoms with Gasteiger partial charge in [0.25, 0.3) is 0 Å². The largest absolute Gasteiger partial charge is 0.384 e. The van der Waals surface area contributed by atoms with Crippen molar-refractivity contribution in [2.45, 2.75) is 31.6 Å². The first-order valence-electron chi connectivity index (χ1n) is 11.5. The van der Waals surface area contributed by atoms with E-state index in [0.29, 0.717) is 11.5 Å². The molecule has 2 aromatic carbocycles. The van der Waals surface area contributed by atoms with Gasteiger partial charge in [-0.1, -0.05) is 60.7 Å². The summed E-state index contributed by atoms with van der Waals surface area (Å²) in [5.74, 6) is 1.47. The lowest BCUT2D eigenvalue weighted by atomic mass is 9.87. The molecule has 0 bridgehead atoms. The number of H-pyrrole nitrogens is 1. The monoisotopic (exact) mass is 426 g/mol. The van der Waals surface area contributed by atoms with Gasteiger partial charge in [0.05, 0.1) is 0 Å². The van der Waals surface area contributed by atoms with Crippen LogP contribution < -0.4 is 5.73 Å². The fourth-order valence-electron chi connectivity index (χ4n) is 5.08. The molecule has 3 N–H and O–H groups in total. The van der Waals surface area contributed by atoms with Crippen LogP contribution in [0.5, 0.6) is 0 Å². The number of rotatable bonds is 8. The third kappa shape index (κ3) is 4.65. The zero-order chi connectivity index (χ0) is 21.8. The first-order valence-corrected chi connectivity index (χ1v) is 11.5. The normalized spacial score (nSPS) is 17.7. The number of fused-ring (bicyclic) bond motifs is 1. The van der Waals surface area contributed by atoms with Crippen LogP contribution in [0.3, 0.4) is 0 Å². The maximum absolute atomic E-state index is 6.11. The van der Waals surface area contributed by atoms with Crippen LogP contribution in [0.25, 0.3) is 11.2 Å². The summed E-state index contributed by atoms with van der Waals surface area (Å²) in [6.45, 7) is 3.51. The molecule has 1 saturated heterocycles. The van der Waals surface area contributed by atoms with Crippen LogP contribution in [0.4, 0.5) is 5.82 Å². The molecule has 164 valence electrons. The molecular weight excluding hydrogens is 396 g/mol. The summed E-state index contributed by atoms with van der Waals surface area (Å²) in [6.07, 6.45) is 4.64. The van der Waals surface area contributed by atoms with E-state index in [2.05, 4.69) is 86.0 Å². The highest BCUT2D eigenvalue weighted by Gasteiger charge is 2.24. The second-order valence-electron chi connectivity index (χ2n) is 8.88. The quantitative estimate of drug-likeness (QED) is 0.436. The molecule has 0 saturated carbocycles. The number of nitrogens with one attached hydrogen (secondary N) is 1. The van der Waals surface area contributed by atoms with Crippen molar-refractivity contribution < 1.29 is 0 Å². The Morgan fingerprint density at radius 3 is 2.62 bits per heavy atom. The minimum atomic E-state index is 0.219. The number of anilines is 1. The number of likely N-dealkylation sites (tertiary alicyclic amines) is 1. The molecule has 1 aliphatic heterocycles. The molecule has 6 nitrogen and oxygen atoms in total. The first-order chi connectivity index (χ1) is 15.8. The minimum Gasteiger partial charge on any atom is -0.384 e. The van der Waals surface area contributed by atoms with Crippen LogP contribution in [-0.4, -0.2) is 44.9 Å². The number of aromatic amines is 1. The molecule has 2 atom stereocenters. The van der Waals surface area contributed by atoms with E-state index >= 15 is 0 Å². The maximum atomic E-state index is 6.11. The fraction of sp³-hybridized carbons (Fsp3) is 0.346. The lowest BCUT2D eigenvalue weighted by Crippen LogP contribution is -2.23. The second-order valence-corrected chi connectivity index (χ2v) is 8.88. The standard InChI is InChI=1S/C26H30N6/c27-24-17-23(25-26(28-24)30-31-29-25)22(21-10-5-2-6-11-21)12-7-14-32-15-13-20(18-32)16-19-8-3-1-4-9-19/h1-6,8-11,17,20,22H,7,12-16,18H2,(H3,27,28,29,30,31)/t20?,22-/m1/s1. The van der Waals surface area contributed by atoms with Gasteiger partial charge in [-0.05, 0) is 67.4 Å². The molecule has 1 fully saturated rings. The van der Waals surface area contributed by atoms with Gasteiger partial charge in [0.15, 0.2) is 0 Å². The molecule has 0 spiro atoms. The number of hydrogen-bond donors (Lipinski definition) is 2. The summed E-state index contributed by atoms with van der Waals surface area (Å²) >= 11 is 0. The van der Waals surface area contributed by atoms with Crippen LogP contribution in [0.1, 0.15) is 41.9 Å². The Balaban J connectivity index is 1.26. The van der Waals surface area contributed by atoms with Gasteiger partial charge >= 0.3 is 0 Å². The van der Waals surface area contributed by atoms with Crippen molar-refractivity contribution in [1.82, 2.24) is 25.3 Å². The molecule has 1 aliphatic rings. The van der Waals surface area contributed by atoms with Crippen molar-refractivity contribution in [3.63, 3.8) is 0 Å². The summed E-state index contributed by atoms with van der Waals surface area (Å²) in [7, 11) is 0. The van der Waals surface area contributed by atoms with Crippen molar-refractivity contribution in [2.24, 2.45) is 5.92 Å². The highest BCUT2D eigenvalue weighted by Crippen LogP contribution is 2.34. The Kier molecular flexibility index (Phi) is 6.12. The molecule has 3 heterocycles. The summed E-state index contributed by atoms with van der Waals surface area (Å²) in [6, 6.07) is 23.5. The summed E-state index contributed by atoms with van der Waals surface area (Å²) in [5, 5.41) is 11.3. The molecule has 0 aliphatic carbocycles. The molecule has 0 radical (unpaired) electrons. The molecular formula is C26H30N6. The van der Waals surface area contributed by atoms with Crippen LogP contribution in [0.2, 0.25) is 0 Å². The zero-order valence-corrected chi connectivity index (χ0v) is 18.3. The number of benzene rings is 2. The third-order valence-corrected chi connectivity index (χ3v) is 6.62. The average molecular weight is 427 g/mol. The minimum absolute atomic E-state index is 0.219. The maximum Gasteiger partial charge on any atom is 0.203 e.